The van der Waals surface area contributed by atoms with Gasteiger partial charge in [0.25, 0.3) is 0 Å². The van der Waals surface area contributed by atoms with Gasteiger partial charge in [-0.3, -0.25) is 0 Å². The van der Waals surface area contributed by atoms with E-state index in [2.05, 4.69) is 15.9 Å². The van der Waals surface area contributed by atoms with Gasteiger partial charge in [0.15, 0.2) is 11.6 Å². The van der Waals surface area contributed by atoms with Gasteiger partial charge in [0.05, 0.1) is 15.6 Å². The fourth-order valence-electron chi connectivity index (χ4n) is 1.61. The van der Waals surface area contributed by atoms with Crippen LogP contribution in [0.15, 0.2) is 40.9 Å². The zero-order valence-electron chi connectivity index (χ0n) is 10.2. The van der Waals surface area contributed by atoms with Crippen LogP contribution in [0.25, 0.3) is 0 Å². The third kappa shape index (κ3) is 3.16. The number of benzene rings is 2. The highest BCUT2D eigenvalue weighted by atomic mass is 79.9. The minimum absolute atomic E-state index is 0.0176. The molecule has 0 aliphatic rings. The molecule has 0 unspecified atom stereocenters. The number of ether oxygens (including phenoxy) is 1. The highest BCUT2D eigenvalue weighted by molar-refractivity contribution is 9.10. The first-order chi connectivity index (χ1) is 9.84. The Hall–Kier alpha value is -2.07. The molecule has 0 radical (unpaired) electrons. The summed E-state index contributed by atoms with van der Waals surface area (Å²) >= 11 is 2.86. The van der Waals surface area contributed by atoms with E-state index in [-0.39, 0.29) is 10.0 Å². The highest BCUT2D eigenvalue weighted by Crippen LogP contribution is 2.39. The largest absolute Gasteiger partial charge is 0.454 e. The van der Waals surface area contributed by atoms with Crippen LogP contribution in [0, 0.1) is 17.1 Å². The summed E-state index contributed by atoms with van der Waals surface area (Å²) in [7, 11) is 0. The molecular formula is C14H6BrF4NO. The second-order valence-corrected chi connectivity index (χ2v) is 4.74. The predicted octanol–water partition coefficient (Wildman–Crippen LogP) is 5.27. The van der Waals surface area contributed by atoms with Crippen molar-refractivity contribution in [3.8, 4) is 17.6 Å². The summed E-state index contributed by atoms with van der Waals surface area (Å²) in [6.07, 6.45) is -4.61. The lowest BCUT2D eigenvalue weighted by Gasteiger charge is -2.14. The van der Waals surface area contributed by atoms with Gasteiger partial charge in [0, 0.05) is 0 Å². The molecule has 108 valence electrons. The summed E-state index contributed by atoms with van der Waals surface area (Å²) in [4.78, 5) is 0. The Bertz CT molecular complexity index is 722. The summed E-state index contributed by atoms with van der Waals surface area (Å²) in [5.74, 6) is -1.86. The van der Waals surface area contributed by atoms with Crippen LogP contribution in [0.3, 0.4) is 0 Å². The van der Waals surface area contributed by atoms with Gasteiger partial charge >= 0.3 is 6.18 Å². The van der Waals surface area contributed by atoms with Crippen molar-refractivity contribution in [1.82, 2.24) is 0 Å². The molecular weight excluding hydrogens is 354 g/mol. The monoisotopic (exact) mass is 359 g/mol. The van der Waals surface area contributed by atoms with E-state index in [1.54, 1.807) is 6.07 Å². The Kier molecular flexibility index (Phi) is 4.19. The van der Waals surface area contributed by atoms with E-state index in [9.17, 15) is 17.6 Å². The van der Waals surface area contributed by atoms with E-state index in [1.165, 1.54) is 18.2 Å². The van der Waals surface area contributed by atoms with Gasteiger partial charge in [-0.2, -0.15) is 18.4 Å². The number of nitrogens with zero attached hydrogens (tertiary/aromatic N) is 1. The average molecular weight is 360 g/mol. The summed E-state index contributed by atoms with van der Waals surface area (Å²) in [6, 6.07) is 8.58. The summed E-state index contributed by atoms with van der Waals surface area (Å²) in [5, 5.41) is 8.74. The quantitative estimate of drug-likeness (QED) is 0.684. The molecule has 0 heterocycles. The van der Waals surface area contributed by atoms with Crippen LogP contribution >= 0.6 is 15.9 Å². The molecule has 0 aliphatic heterocycles. The second kappa shape index (κ2) is 5.74. The molecule has 0 saturated carbocycles. The van der Waals surface area contributed by atoms with Crippen molar-refractivity contribution in [1.29, 1.82) is 5.26 Å². The average Bonchev–Trinajstić information content (AvgIpc) is 2.44. The molecule has 0 fully saturated rings. The van der Waals surface area contributed by atoms with E-state index >= 15 is 0 Å². The zero-order valence-corrected chi connectivity index (χ0v) is 11.8. The van der Waals surface area contributed by atoms with Crippen LogP contribution in [0.1, 0.15) is 11.1 Å². The van der Waals surface area contributed by atoms with Crippen LogP contribution in [-0.4, -0.2) is 0 Å². The lowest BCUT2D eigenvalue weighted by atomic mass is 10.2. The number of nitriles is 1. The lowest BCUT2D eigenvalue weighted by Crippen LogP contribution is -2.07. The molecule has 0 aromatic heterocycles. The molecule has 0 bridgehead atoms. The fraction of sp³-hybridized carbons (Fsp3) is 0.0714. The molecule has 0 N–H and O–H groups in total. The van der Waals surface area contributed by atoms with Gasteiger partial charge in [-0.1, -0.05) is 12.1 Å². The van der Waals surface area contributed by atoms with Crippen LogP contribution in [-0.2, 0) is 6.18 Å². The molecule has 0 aliphatic carbocycles. The van der Waals surface area contributed by atoms with E-state index in [1.807, 2.05) is 0 Å². The number of hydrogen-bond acceptors (Lipinski definition) is 2. The molecule has 2 aromatic rings. The SMILES string of the molecule is N#Cc1ccc(Oc2ccccc2C(F)(F)F)c(F)c1Br. The first-order valence-electron chi connectivity index (χ1n) is 5.56. The van der Waals surface area contributed by atoms with Crippen molar-refractivity contribution < 1.29 is 22.3 Å². The van der Waals surface area contributed by atoms with Gasteiger partial charge in [0.1, 0.15) is 11.8 Å². The van der Waals surface area contributed by atoms with Gasteiger partial charge in [0.2, 0.25) is 0 Å². The van der Waals surface area contributed by atoms with Gasteiger partial charge < -0.3 is 4.74 Å². The maximum atomic E-state index is 14.0. The Balaban J connectivity index is 2.45. The topological polar surface area (TPSA) is 33.0 Å². The van der Waals surface area contributed by atoms with Crippen molar-refractivity contribution in [2.45, 2.75) is 6.18 Å². The van der Waals surface area contributed by atoms with Crippen molar-refractivity contribution in [2.24, 2.45) is 0 Å². The summed E-state index contributed by atoms with van der Waals surface area (Å²) in [5.41, 5.74) is -0.992. The number of halogens is 5. The Morgan fingerprint density at radius 2 is 1.71 bits per heavy atom. The highest BCUT2D eigenvalue weighted by Gasteiger charge is 2.34. The predicted molar refractivity (Wildman–Crippen MR) is 70.3 cm³/mol. The summed E-state index contributed by atoms with van der Waals surface area (Å²) in [6.45, 7) is 0. The first-order valence-corrected chi connectivity index (χ1v) is 6.36. The number of rotatable bonds is 2. The minimum Gasteiger partial charge on any atom is -0.454 e. The van der Waals surface area contributed by atoms with Gasteiger partial charge in [-0.25, -0.2) is 4.39 Å². The van der Waals surface area contributed by atoms with E-state index in [0.717, 1.165) is 18.2 Å². The number of alkyl halides is 3. The first kappa shape index (κ1) is 15.3. The normalized spacial score (nSPS) is 11.0. The summed E-state index contributed by atoms with van der Waals surface area (Å²) < 4.78 is 57.3. The Labute approximate surface area is 125 Å². The van der Waals surface area contributed by atoms with Crippen LogP contribution < -0.4 is 4.74 Å². The number of para-hydroxylation sites is 1. The van der Waals surface area contributed by atoms with Crippen LogP contribution in [0.2, 0.25) is 0 Å². The molecule has 0 saturated heterocycles. The molecule has 7 heteroatoms. The smallest absolute Gasteiger partial charge is 0.419 e. The molecule has 2 aromatic carbocycles. The standard InChI is InChI=1S/C14H6BrF4NO/c15-12-8(7-20)5-6-11(13(12)16)21-10-4-2-1-3-9(10)14(17,18)19/h1-6H. The van der Waals surface area contributed by atoms with E-state index < -0.39 is 29.1 Å². The fourth-order valence-corrected chi connectivity index (χ4v) is 2.02. The third-order valence-electron chi connectivity index (χ3n) is 2.58. The Morgan fingerprint density at radius 3 is 2.33 bits per heavy atom. The van der Waals surface area contributed by atoms with Crippen molar-refractivity contribution in [3.05, 3.63) is 57.8 Å². The van der Waals surface area contributed by atoms with Crippen molar-refractivity contribution in [3.63, 3.8) is 0 Å². The molecule has 0 atom stereocenters. The molecule has 0 amide bonds. The molecule has 0 spiro atoms. The van der Waals surface area contributed by atoms with Crippen molar-refractivity contribution >= 4 is 15.9 Å². The van der Waals surface area contributed by atoms with Gasteiger partial charge in [-0.15, -0.1) is 0 Å². The molecule has 2 nitrogen and oxygen atoms in total. The maximum absolute atomic E-state index is 14.0. The minimum atomic E-state index is -4.61. The second-order valence-electron chi connectivity index (χ2n) is 3.95. The van der Waals surface area contributed by atoms with Crippen molar-refractivity contribution in [2.75, 3.05) is 0 Å². The lowest BCUT2D eigenvalue weighted by molar-refractivity contribution is -0.138. The molecule has 2 rings (SSSR count). The third-order valence-corrected chi connectivity index (χ3v) is 3.35. The van der Waals surface area contributed by atoms with Crippen LogP contribution in [0.5, 0.6) is 11.5 Å². The maximum Gasteiger partial charge on any atom is 0.419 e. The molecule has 21 heavy (non-hydrogen) atoms. The number of hydrogen-bond donors (Lipinski definition) is 0. The van der Waals surface area contributed by atoms with Gasteiger partial charge in [-0.05, 0) is 40.2 Å². The van der Waals surface area contributed by atoms with E-state index in [4.69, 9.17) is 10.00 Å². The van der Waals surface area contributed by atoms with Crippen LogP contribution in [0.4, 0.5) is 17.6 Å². The zero-order chi connectivity index (χ0) is 15.6. The van der Waals surface area contributed by atoms with E-state index in [0.29, 0.717) is 0 Å². The Morgan fingerprint density at radius 1 is 1.05 bits per heavy atom.